The predicted octanol–water partition coefficient (Wildman–Crippen LogP) is 2.48. The normalized spacial score (nSPS) is 16.5. The molecule has 1 heterocycles. The fourth-order valence-corrected chi connectivity index (χ4v) is 2.46. The number of carbonyl (C=O) groups is 2. The number of ether oxygens (including phenoxy) is 2. The van der Waals surface area contributed by atoms with E-state index in [1.54, 1.807) is 20.8 Å². The Balaban J connectivity index is 3.16. The van der Waals surface area contributed by atoms with Crippen molar-refractivity contribution >= 4 is 22.2 Å². The molecule has 8 nitrogen and oxygen atoms in total. The monoisotopic (exact) mass is 415 g/mol. The highest BCUT2D eigenvalue weighted by Gasteiger charge is 2.49. The fraction of sp³-hybridized carbons (Fsp3) is 0.600. The first-order valence-corrected chi connectivity index (χ1v) is 9.04. The SMILES string of the molecule is COC(=O)/C=C/C1=C(OS(=O)(=O)C(F)(F)F)CCN(C(=O)OC(C)(C)C)C1. The third kappa shape index (κ3) is 6.77. The van der Waals surface area contributed by atoms with Crippen LogP contribution in [-0.4, -0.2) is 56.7 Å². The Labute approximate surface area is 154 Å². The molecule has 0 N–H and O–H groups in total. The number of alkyl halides is 3. The van der Waals surface area contributed by atoms with Gasteiger partial charge in [0, 0.05) is 24.6 Å². The summed E-state index contributed by atoms with van der Waals surface area (Å²) in [6.45, 7) is 4.45. The van der Waals surface area contributed by atoms with Gasteiger partial charge in [0.15, 0.2) is 0 Å². The average molecular weight is 415 g/mol. The van der Waals surface area contributed by atoms with E-state index >= 15 is 0 Å². The van der Waals surface area contributed by atoms with Crippen LogP contribution in [0.1, 0.15) is 27.2 Å². The topological polar surface area (TPSA) is 99.2 Å². The predicted molar refractivity (Wildman–Crippen MR) is 86.7 cm³/mol. The number of carbonyl (C=O) groups excluding carboxylic acids is 2. The lowest BCUT2D eigenvalue weighted by Crippen LogP contribution is -2.41. The lowest BCUT2D eigenvalue weighted by atomic mass is 10.1. The zero-order valence-corrected chi connectivity index (χ0v) is 15.9. The molecular weight excluding hydrogens is 395 g/mol. The van der Waals surface area contributed by atoms with Gasteiger partial charge in [-0.1, -0.05) is 0 Å². The van der Waals surface area contributed by atoms with Gasteiger partial charge in [0.05, 0.1) is 13.7 Å². The molecule has 0 radical (unpaired) electrons. The van der Waals surface area contributed by atoms with E-state index in [0.717, 1.165) is 24.2 Å². The number of rotatable bonds is 4. The van der Waals surface area contributed by atoms with Gasteiger partial charge in [0.2, 0.25) is 0 Å². The molecule has 0 aromatic heterocycles. The van der Waals surface area contributed by atoms with E-state index in [4.69, 9.17) is 4.74 Å². The van der Waals surface area contributed by atoms with Crippen LogP contribution in [0.4, 0.5) is 18.0 Å². The van der Waals surface area contributed by atoms with Crippen LogP contribution in [-0.2, 0) is 28.6 Å². The molecule has 0 saturated carbocycles. The second kappa shape index (κ2) is 8.19. The fourth-order valence-electron chi connectivity index (χ4n) is 1.91. The molecule has 0 aromatic rings. The Bertz CT molecular complexity index is 748. The van der Waals surface area contributed by atoms with Gasteiger partial charge in [0.1, 0.15) is 11.4 Å². The molecule has 1 amide bonds. The van der Waals surface area contributed by atoms with Gasteiger partial charge in [-0.2, -0.15) is 21.6 Å². The van der Waals surface area contributed by atoms with Gasteiger partial charge < -0.3 is 18.6 Å². The van der Waals surface area contributed by atoms with Crippen molar-refractivity contribution in [1.29, 1.82) is 0 Å². The molecule has 1 aliphatic heterocycles. The van der Waals surface area contributed by atoms with Crippen molar-refractivity contribution in [3.8, 4) is 0 Å². The van der Waals surface area contributed by atoms with Gasteiger partial charge in [0.25, 0.3) is 0 Å². The summed E-state index contributed by atoms with van der Waals surface area (Å²) in [5, 5.41) is 0. The minimum atomic E-state index is -5.88. The van der Waals surface area contributed by atoms with Crippen LogP contribution >= 0.6 is 0 Å². The maximum absolute atomic E-state index is 12.6. The van der Waals surface area contributed by atoms with E-state index in [9.17, 15) is 31.2 Å². The van der Waals surface area contributed by atoms with Crippen molar-refractivity contribution in [2.75, 3.05) is 20.2 Å². The Hall–Kier alpha value is -2.24. The average Bonchev–Trinajstić information content (AvgIpc) is 2.50. The molecular formula is C15H20F3NO7S. The van der Waals surface area contributed by atoms with Gasteiger partial charge in [-0.25, -0.2) is 9.59 Å². The zero-order valence-electron chi connectivity index (χ0n) is 15.1. The Morgan fingerprint density at radius 2 is 1.78 bits per heavy atom. The van der Waals surface area contributed by atoms with E-state index in [2.05, 4.69) is 8.92 Å². The Kier molecular flexibility index (Phi) is 6.92. The smallest absolute Gasteiger partial charge is 0.466 e. The lowest BCUT2D eigenvalue weighted by molar-refractivity contribution is -0.134. The van der Waals surface area contributed by atoms with Crippen LogP contribution in [0.2, 0.25) is 0 Å². The first-order chi connectivity index (χ1) is 12.2. The maximum atomic E-state index is 12.6. The second-order valence-corrected chi connectivity index (χ2v) is 7.98. The Morgan fingerprint density at radius 1 is 1.19 bits per heavy atom. The lowest BCUT2D eigenvalue weighted by Gasteiger charge is -2.31. The van der Waals surface area contributed by atoms with Gasteiger partial charge in [-0.3, -0.25) is 0 Å². The van der Waals surface area contributed by atoms with Gasteiger partial charge >= 0.3 is 27.7 Å². The number of esters is 1. The number of methoxy groups -OCH3 is 1. The molecule has 0 bridgehead atoms. The highest BCUT2D eigenvalue weighted by Crippen LogP contribution is 2.30. The molecule has 12 heteroatoms. The standard InChI is InChI=1S/C15H20F3NO7S/c1-14(2,3)25-13(21)19-8-7-11(26-27(22,23)15(16,17)18)10(9-19)5-6-12(20)24-4/h5-6H,7-9H2,1-4H3/b6-5+. The summed E-state index contributed by atoms with van der Waals surface area (Å²) in [4.78, 5) is 24.5. The summed E-state index contributed by atoms with van der Waals surface area (Å²) in [5.41, 5.74) is -6.52. The van der Waals surface area contributed by atoms with Crippen LogP contribution in [0.25, 0.3) is 0 Å². The molecule has 0 aliphatic carbocycles. The summed E-state index contributed by atoms with van der Waals surface area (Å²) >= 11 is 0. The van der Waals surface area contributed by atoms with Crippen LogP contribution in [0.5, 0.6) is 0 Å². The van der Waals surface area contributed by atoms with Crippen LogP contribution in [0, 0.1) is 0 Å². The van der Waals surface area contributed by atoms with E-state index in [1.807, 2.05) is 0 Å². The largest absolute Gasteiger partial charge is 0.534 e. The third-order valence-electron chi connectivity index (χ3n) is 3.10. The molecule has 27 heavy (non-hydrogen) atoms. The molecule has 0 unspecified atom stereocenters. The maximum Gasteiger partial charge on any atom is 0.534 e. The molecule has 0 spiro atoms. The molecule has 0 fully saturated rings. The number of hydrogen-bond donors (Lipinski definition) is 0. The number of amides is 1. The summed E-state index contributed by atoms with van der Waals surface area (Å²) in [7, 11) is -4.80. The molecule has 0 atom stereocenters. The van der Waals surface area contributed by atoms with E-state index in [0.29, 0.717) is 0 Å². The van der Waals surface area contributed by atoms with E-state index < -0.39 is 39.0 Å². The summed E-state index contributed by atoms with van der Waals surface area (Å²) < 4.78 is 74.0. The van der Waals surface area contributed by atoms with Crippen LogP contribution < -0.4 is 0 Å². The Morgan fingerprint density at radius 3 is 2.26 bits per heavy atom. The summed E-state index contributed by atoms with van der Waals surface area (Å²) in [5.74, 6) is -1.35. The second-order valence-electron chi connectivity index (χ2n) is 6.44. The minimum Gasteiger partial charge on any atom is -0.466 e. The molecule has 0 saturated heterocycles. The first-order valence-electron chi connectivity index (χ1n) is 7.63. The minimum absolute atomic E-state index is 0.106. The third-order valence-corrected chi connectivity index (χ3v) is 4.08. The highest BCUT2D eigenvalue weighted by molar-refractivity contribution is 7.87. The van der Waals surface area contributed by atoms with Crippen molar-refractivity contribution in [2.45, 2.75) is 38.3 Å². The van der Waals surface area contributed by atoms with E-state index in [-0.39, 0.29) is 25.1 Å². The first kappa shape index (κ1) is 22.8. The van der Waals surface area contributed by atoms with Gasteiger partial charge in [-0.05, 0) is 26.8 Å². The van der Waals surface area contributed by atoms with Gasteiger partial charge in [-0.15, -0.1) is 0 Å². The summed E-state index contributed by atoms with van der Waals surface area (Å²) in [6.07, 6.45) is 0.834. The molecule has 154 valence electrons. The van der Waals surface area contributed by atoms with Crippen LogP contribution in [0.3, 0.4) is 0 Å². The molecule has 0 aromatic carbocycles. The van der Waals surface area contributed by atoms with Crippen molar-refractivity contribution < 1.29 is 44.8 Å². The van der Waals surface area contributed by atoms with Crippen molar-refractivity contribution in [3.63, 3.8) is 0 Å². The zero-order chi connectivity index (χ0) is 21.0. The quantitative estimate of drug-likeness (QED) is 0.301. The highest BCUT2D eigenvalue weighted by atomic mass is 32.2. The summed E-state index contributed by atoms with van der Waals surface area (Å²) in [6, 6.07) is 0. The number of halogens is 3. The number of nitrogens with zero attached hydrogens (tertiary/aromatic N) is 1. The van der Waals surface area contributed by atoms with E-state index in [1.165, 1.54) is 0 Å². The number of hydrogen-bond acceptors (Lipinski definition) is 7. The molecule has 1 aliphatic rings. The van der Waals surface area contributed by atoms with Crippen molar-refractivity contribution in [1.82, 2.24) is 4.90 Å². The van der Waals surface area contributed by atoms with Crippen molar-refractivity contribution in [2.24, 2.45) is 0 Å². The van der Waals surface area contributed by atoms with Crippen molar-refractivity contribution in [3.05, 3.63) is 23.5 Å². The van der Waals surface area contributed by atoms with Crippen LogP contribution in [0.15, 0.2) is 23.5 Å². The molecule has 1 rings (SSSR count).